The number of ether oxygens (including phenoxy) is 1. The van der Waals surface area contributed by atoms with Crippen molar-refractivity contribution in [3.05, 3.63) is 0 Å². The number of sulfonamides is 1. The lowest BCUT2D eigenvalue weighted by Gasteiger charge is -2.37. The van der Waals surface area contributed by atoms with Gasteiger partial charge in [-0.15, -0.1) is 0 Å². The van der Waals surface area contributed by atoms with Gasteiger partial charge in [0.05, 0.1) is 7.11 Å². The lowest BCUT2D eigenvalue weighted by atomic mass is 9.90. The first kappa shape index (κ1) is 15.2. The molecule has 0 amide bonds. The van der Waals surface area contributed by atoms with Crippen LogP contribution in [0.15, 0.2) is 0 Å². The van der Waals surface area contributed by atoms with Crippen molar-refractivity contribution in [2.75, 3.05) is 12.9 Å². The number of carboxylic acid groups (broad SMARTS) is 1. The molecule has 0 aromatic rings. The number of carbonyl (C=O) groups is 2. The maximum atomic E-state index is 12.3. The van der Waals surface area contributed by atoms with Crippen LogP contribution in [0.4, 0.5) is 0 Å². The highest BCUT2D eigenvalue weighted by atomic mass is 32.2. The minimum absolute atomic E-state index is 0.0228. The fourth-order valence-electron chi connectivity index (χ4n) is 3.40. The third-order valence-electron chi connectivity index (χ3n) is 4.08. The van der Waals surface area contributed by atoms with E-state index in [-0.39, 0.29) is 24.4 Å². The summed E-state index contributed by atoms with van der Waals surface area (Å²) in [5.41, 5.74) is 0. The van der Waals surface area contributed by atoms with Crippen LogP contribution in [0.25, 0.3) is 0 Å². The second kappa shape index (κ2) is 5.69. The molecule has 0 radical (unpaired) electrons. The maximum absolute atomic E-state index is 12.3. The molecular weight excluding hydrogens is 286 g/mol. The Morgan fingerprint density at radius 3 is 2.25 bits per heavy atom. The highest BCUT2D eigenvalue weighted by Crippen LogP contribution is 2.41. The quantitative estimate of drug-likeness (QED) is 0.729. The molecule has 0 aromatic heterocycles. The minimum atomic E-state index is -3.67. The van der Waals surface area contributed by atoms with Crippen LogP contribution in [0.1, 0.15) is 32.1 Å². The molecule has 114 valence electrons. The number of fused-ring (bicyclic) bond motifs is 2. The molecule has 2 heterocycles. The Labute approximate surface area is 117 Å². The van der Waals surface area contributed by atoms with Gasteiger partial charge < -0.3 is 9.84 Å². The van der Waals surface area contributed by atoms with E-state index in [2.05, 4.69) is 4.74 Å². The number of carboxylic acids is 1. The first-order chi connectivity index (χ1) is 9.33. The maximum Gasteiger partial charge on any atom is 0.322 e. The van der Waals surface area contributed by atoms with Crippen molar-refractivity contribution in [1.82, 2.24) is 4.31 Å². The van der Waals surface area contributed by atoms with Crippen molar-refractivity contribution >= 4 is 22.0 Å². The number of piperidine rings is 1. The van der Waals surface area contributed by atoms with Crippen LogP contribution in [0.2, 0.25) is 0 Å². The fourth-order valence-corrected chi connectivity index (χ4v) is 5.25. The topological polar surface area (TPSA) is 101 Å². The number of methoxy groups -OCH3 is 1. The summed E-state index contributed by atoms with van der Waals surface area (Å²) in [6.07, 6.45) is 2.67. The average Bonchev–Trinajstić information content (AvgIpc) is 2.61. The molecule has 2 aliphatic rings. The van der Waals surface area contributed by atoms with Crippen LogP contribution in [0.3, 0.4) is 0 Å². The van der Waals surface area contributed by atoms with Crippen molar-refractivity contribution in [1.29, 1.82) is 0 Å². The molecule has 0 saturated carbocycles. The first-order valence-corrected chi connectivity index (χ1v) is 8.24. The Hall–Kier alpha value is -1.15. The van der Waals surface area contributed by atoms with Crippen LogP contribution >= 0.6 is 0 Å². The number of rotatable bonds is 5. The zero-order chi connectivity index (χ0) is 14.9. The van der Waals surface area contributed by atoms with Gasteiger partial charge in [-0.05, 0) is 31.6 Å². The Morgan fingerprint density at radius 2 is 1.80 bits per heavy atom. The Balaban J connectivity index is 2.09. The Kier molecular flexibility index (Phi) is 4.33. The highest BCUT2D eigenvalue weighted by Gasteiger charge is 2.47. The molecule has 0 spiro atoms. The van der Waals surface area contributed by atoms with E-state index in [0.717, 1.165) is 20.0 Å². The van der Waals surface area contributed by atoms with Crippen molar-refractivity contribution in [2.45, 2.75) is 44.2 Å². The van der Waals surface area contributed by atoms with Crippen LogP contribution in [0.5, 0.6) is 0 Å². The van der Waals surface area contributed by atoms with Gasteiger partial charge in [0.2, 0.25) is 10.0 Å². The monoisotopic (exact) mass is 305 g/mol. The van der Waals surface area contributed by atoms with Crippen molar-refractivity contribution < 1.29 is 27.9 Å². The molecular formula is C12H19NO6S. The number of carbonyl (C=O) groups excluding carboxylic acids is 1. The van der Waals surface area contributed by atoms with Gasteiger partial charge >= 0.3 is 11.9 Å². The summed E-state index contributed by atoms with van der Waals surface area (Å²) in [7, 11) is -2.51. The number of esters is 1. The van der Waals surface area contributed by atoms with Gasteiger partial charge in [-0.3, -0.25) is 9.59 Å². The smallest absolute Gasteiger partial charge is 0.322 e. The molecule has 7 nitrogen and oxygen atoms in total. The molecule has 2 atom stereocenters. The molecule has 0 aliphatic carbocycles. The molecule has 20 heavy (non-hydrogen) atoms. The molecule has 8 heteroatoms. The van der Waals surface area contributed by atoms with Crippen LogP contribution in [0, 0.1) is 5.92 Å². The summed E-state index contributed by atoms with van der Waals surface area (Å²) in [5, 5.41) is 8.84. The van der Waals surface area contributed by atoms with E-state index in [1.54, 1.807) is 0 Å². The van der Waals surface area contributed by atoms with Crippen LogP contribution < -0.4 is 0 Å². The molecule has 2 aliphatic heterocycles. The van der Waals surface area contributed by atoms with Gasteiger partial charge in [-0.1, -0.05) is 0 Å². The second-order valence-electron chi connectivity index (χ2n) is 5.48. The van der Waals surface area contributed by atoms with Crippen molar-refractivity contribution in [3.63, 3.8) is 0 Å². The fraction of sp³-hybridized carbons (Fsp3) is 0.833. The van der Waals surface area contributed by atoms with Gasteiger partial charge in [-0.2, -0.15) is 4.31 Å². The minimum Gasteiger partial charge on any atom is -0.481 e. The number of hydrogen-bond donors (Lipinski definition) is 1. The predicted molar refractivity (Wildman–Crippen MR) is 69.4 cm³/mol. The normalized spacial score (nSPS) is 30.1. The lowest BCUT2D eigenvalue weighted by molar-refractivity contribution is -0.139. The third kappa shape index (κ3) is 3.12. The van der Waals surface area contributed by atoms with Crippen molar-refractivity contribution in [2.24, 2.45) is 5.92 Å². The zero-order valence-electron chi connectivity index (χ0n) is 11.3. The van der Waals surface area contributed by atoms with E-state index in [1.165, 1.54) is 4.31 Å². The summed E-state index contributed by atoms with van der Waals surface area (Å²) in [6.45, 7) is 0. The molecule has 2 unspecified atom stereocenters. The number of aliphatic carboxylic acids is 1. The van der Waals surface area contributed by atoms with Crippen LogP contribution in [-0.4, -0.2) is 54.7 Å². The van der Waals surface area contributed by atoms with E-state index in [1.807, 2.05) is 0 Å². The largest absolute Gasteiger partial charge is 0.481 e. The van der Waals surface area contributed by atoms with Gasteiger partial charge in [-0.25, -0.2) is 8.42 Å². The summed E-state index contributed by atoms with van der Waals surface area (Å²) >= 11 is 0. The van der Waals surface area contributed by atoms with Gasteiger partial charge in [0, 0.05) is 18.5 Å². The van der Waals surface area contributed by atoms with Gasteiger partial charge in [0.25, 0.3) is 0 Å². The van der Waals surface area contributed by atoms with Crippen LogP contribution in [-0.2, 0) is 24.3 Å². The molecule has 2 fully saturated rings. The van der Waals surface area contributed by atoms with Crippen molar-refractivity contribution in [3.8, 4) is 0 Å². The molecule has 2 bridgehead atoms. The first-order valence-electron chi connectivity index (χ1n) is 6.63. The molecule has 0 aromatic carbocycles. The molecule has 1 N–H and O–H groups in total. The van der Waals surface area contributed by atoms with E-state index in [0.29, 0.717) is 12.8 Å². The summed E-state index contributed by atoms with van der Waals surface area (Å²) in [6, 6.07) is -0.347. The SMILES string of the molecule is COC(=O)CS(=O)(=O)N1C2CCC1CC(CC(=O)O)C2. The number of nitrogens with zero attached hydrogens (tertiary/aromatic N) is 1. The lowest BCUT2D eigenvalue weighted by Crippen LogP contribution is -2.48. The summed E-state index contributed by atoms with van der Waals surface area (Å²) in [4.78, 5) is 22.0. The van der Waals surface area contributed by atoms with E-state index < -0.39 is 27.7 Å². The van der Waals surface area contributed by atoms with Gasteiger partial charge in [0.1, 0.15) is 0 Å². The zero-order valence-corrected chi connectivity index (χ0v) is 12.1. The third-order valence-corrected chi connectivity index (χ3v) is 5.92. The Morgan fingerprint density at radius 1 is 1.25 bits per heavy atom. The Bertz CT molecular complexity index is 488. The standard InChI is InChI=1S/C12H19NO6S/c1-19-12(16)7-20(17,18)13-9-2-3-10(13)5-8(4-9)6-11(14)15/h8-10H,2-7H2,1H3,(H,14,15). The van der Waals surface area contributed by atoms with E-state index in [9.17, 15) is 18.0 Å². The van der Waals surface area contributed by atoms with E-state index >= 15 is 0 Å². The average molecular weight is 305 g/mol. The second-order valence-corrected chi connectivity index (χ2v) is 7.36. The van der Waals surface area contributed by atoms with E-state index in [4.69, 9.17) is 5.11 Å². The highest BCUT2D eigenvalue weighted by molar-refractivity contribution is 7.89. The molecule has 2 rings (SSSR count). The number of hydrogen-bond acceptors (Lipinski definition) is 5. The summed E-state index contributed by atoms with van der Waals surface area (Å²) in [5.74, 6) is -2.23. The van der Waals surface area contributed by atoms with Gasteiger partial charge in [0.15, 0.2) is 5.75 Å². The summed E-state index contributed by atoms with van der Waals surface area (Å²) < 4.78 is 30.3. The predicted octanol–water partition coefficient (Wildman–Crippen LogP) is 0.207. The molecule has 2 saturated heterocycles.